The third-order valence-electron chi connectivity index (χ3n) is 4.36. The predicted octanol–water partition coefficient (Wildman–Crippen LogP) is 3.15. The molecule has 1 aromatic rings. The lowest BCUT2D eigenvalue weighted by molar-refractivity contribution is 0.235. The molecule has 1 aliphatic carbocycles. The first kappa shape index (κ1) is 14.1. The van der Waals surface area contributed by atoms with Gasteiger partial charge in [0.15, 0.2) is 11.6 Å². The molecule has 2 atom stereocenters. The molecule has 3 N–H and O–H groups in total. The SMILES string of the molecule is COc1cc(NC2(CN)CCCCC2C)ccc1F. The van der Waals surface area contributed by atoms with E-state index in [2.05, 4.69) is 12.2 Å². The number of ether oxygens (including phenoxy) is 1. The number of nitrogens with one attached hydrogen (secondary N) is 1. The molecule has 1 aliphatic rings. The first-order chi connectivity index (χ1) is 9.11. The highest BCUT2D eigenvalue weighted by molar-refractivity contribution is 5.51. The summed E-state index contributed by atoms with van der Waals surface area (Å²) >= 11 is 0. The van der Waals surface area contributed by atoms with Crippen LogP contribution in [0.3, 0.4) is 0 Å². The van der Waals surface area contributed by atoms with Gasteiger partial charge in [-0.2, -0.15) is 0 Å². The Morgan fingerprint density at radius 1 is 1.47 bits per heavy atom. The molecule has 2 rings (SSSR count). The van der Waals surface area contributed by atoms with Gasteiger partial charge in [0.1, 0.15) is 0 Å². The van der Waals surface area contributed by atoms with E-state index >= 15 is 0 Å². The molecule has 4 heteroatoms. The van der Waals surface area contributed by atoms with Crippen LogP contribution in [-0.2, 0) is 0 Å². The molecule has 0 amide bonds. The van der Waals surface area contributed by atoms with Crippen molar-refractivity contribution < 1.29 is 9.13 Å². The van der Waals surface area contributed by atoms with Crippen molar-refractivity contribution in [1.29, 1.82) is 0 Å². The first-order valence-corrected chi connectivity index (χ1v) is 6.93. The highest BCUT2D eigenvalue weighted by Gasteiger charge is 2.36. The quantitative estimate of drug-likeness (QED) is 0.880. The van der Waals surface area contributed by atoms with Gasteiger partial charge < -0.3 is 15.8 Å². The molecule has 19 heavy (non-hydrogen) atoms. The molecule has 3 nitrogen and oxygen atoms in total. The highest BCUT2D eigenvalue weighted by Crippen LogP contribution is 2.36. The van der Waals surface area contributed by atoms with Crippen LogP contribution in [0.1, 0.15) is 32.6 Å². The zero-order valence-electron chi connectivity index (χ0n) is 11.7. The minimum atomic E-state index is -0.341. The predicted molar refractivity (Wildman–Crippen MR) is 76.0 cm³/mol. The zero-order chi connectivity index (χ0) is 13.9. The fourth-order valence-electron chi connectivity index (χ4n) is 2.98. The molecule has 0 heterocycles. The average molecular weight is 266 g/mol. The standard InChI is InChI=1S/C15H23FN2O/c1-11-5-3-4-8-15(11,10-17)18-12-6-7-13(16)14(9-12)19-2/h6-7,9,11,18H,3-5,8,10,17H2,1-2H3. The Morgan fingerprint density at radius 3 is 2.89 bits per heavy atom. The first-order valence-electron chi connectivity index (χ1n) is 6.93. The summed E-state index contributed by atoms with van der Waals surface area (Å²) in [6, 6.07) is 4.88. The summed E-state index contributed by atoms with van der Waals surface area (Å²) in [5.74, 6) is 0.439. The second-order valence-electron chi connectivity index (χ2n) is 5.48. The lowest BCUT2D eigenvalue weighted by Gasteiger charge is -2.43. The van der Waals surface area contributed by atoms with Crippen LogP contribution in [0.5, 0.6) is 5.75 Å². The Bertz CT molecular complexity index is 438. The molecule has 0 saturated heterocycles. The van der Waals surface area contributed by atoms with E-state index in [4.69, 9.17) is 10.5 Å². The van der Waals surface area contributed by atoms with E-state index in [0.717, 1.165) is 12.1 Å². The van der Waals surface area contributed by atoms with Crippen LogP contribution in [0.2, 0.25) is 0 Å². The number of rotatable bonds is 4. The van der Waals surface area contributed by atoms with E-state index in [9.17, 15) is 4.39 Å². The molecule has 0 spiro atoms. The molecular weight excluding hydrogens is 243 g/mol. The van der Waals surface area contributed by atoms with E-state index < -0.39 is 0 Å². The molecule has 1 saturated carbocycles. The Kier molecular flexibility index (Phi) is 4.30. The summed E-state index contributed by atoms with van der Waals surface area (Å²) in [4.78, 5) is 0. The van der Waals surface area contributed by atoms with Gasteiger partial charge in [-0.05, 0) is 30.9 Å². The largest absolute Gasteiger partial charge is 0.494 e. The minimum Gasteiger partial charge on any atom is -0.494 e. The van der Waals surface area contributed by atoms with Crippen molar-refractivity contribution in [3.05, 3.63) is 24.0 Å². The second kappa shape index (κ2) is 5.78. The zero-order valence-corrected chi connectivity index (χ0v) is 11.7. The van der Waals surface area contributed by atoms with Crippen LogP contribution in [0.15, 0.2) is 18.2 Å². The van der Waals surface area contributed by atoms with Gasteiger partial charge in [0.05, 0.1) is 12.6 Å². The fraction of sp³-hybridized carbons (Fsp3) is 0.600. The summed E-state index contributed by atoms with van der Waals surface area (Å²) in [6.45, 7) is 2.83. The molecular formula is C15H23FN2O. The summed E-state index contributed by atoms with van der Waals surface area (Å²) in [6.07, 6.45) is 4.69. The van der Waals surface area contributed by atoms with Gasteiger partial charge in [-0.25, -0.2) is 4.39 Å². The molecule has 106 valence electrons. The summed E-state index contributed by atoms with van der Waals surface area (Å²) in [7, 11) is 1.48. The van der Waals surface area contributed by atoms with Crippen molar-refractivity contribution in [2.75, 3.05) is 19.0 Å². The number of methoxy groups -OCH3 is 1. The van der Waals surface area contributed by atoms with Crippen LogP contribution in [0, 0.1) is 11.7 Å². The molecule has 2 unspecified atom stereocenters. The summed E-state index contributed by atoms with van der Waals surface area (Å²) in [5.41, 5.74) is 6.80. The summed E-state index contributed by atoms with van der Waals surface area (Å²) < 4.78 is 18.4. The normalized spacial score (nSPS) is 27.1. The van der Waals surface area contributed by atoms with E-state index in [-0.39, 0.29) is 17.1 Å². The van der Waals surface area contributed by atoms with Gasteiger partial charge in [0.25, 0.3) is 0 Å². The molecule has 1 fully saturated rings. The van der Waals surface area contributed by atoms with E-state index in [1.807, 2.05) is 0 Å². The van der Waals surface area contributed by atoms with Gasteiger partial charge in [-0.1, -0.05) is 19.8 Å². The third kappa shape index (κ3) is 2.84. The number of halogens is 1. The van der Waals surface area contributed by atoms with Crippen molar-refractivity contribution >= 4 is 5.69 Å². The van der Waals surface area contributed by atoms with Crippen molar-refractivity contribution in [3.63, 3.8) is 0 Å². The van der Waals surface area contributed by atoms with Crippen LogP contribution in [0.25, 0.3) is 0 Å². The van der Waals surface area contributed by atoms with Crippen LogP contribution in [-0.4, -0.2) is 19.2 Å². The van der Waals surface area contributed by atoms with Crippen LogP contribution in [0.4, 0.5) is 10.1 Å². The number of benzene rings is 1. The van der Waals surface area contributed by atoms with Crippen molar-refractivity contribution in [2.45, 2.75) is 38.1 Å². The maximum absolute atomic E-state index is 13.4. The maximum atomic E-state index is 13.4. The van der Waals surface area contributed by atoms with E-state index in [1.165, 1.54) is 32.4 Å². The minimum absolute atomic E-state index is 0.0823. The molecule has 0 radical (unpaired) electrons. The Hall–Kier alpha value is -1.29. The van der Waals surface area contributed by atoms with Gasteiger partial charge in [0, 0.05) is 18.3 Å². The Labute approximate surface area is 114 Å². The number of hydrogen-bond acceptors (Lipinski definition) is 3. The van der Waals surface area contributed by atoms with Gasteiger partial charge >= 0.3 is 0 Å². The second-order valence-corrected chi connectivity index (χ2v) is 5.48. The number of nitrogens with two attached hydrogens (primary N) is 1. The monoisotopic (exact) mass is 266 g/mol. The molecule has 0 aromatic heterocycles. The average Bonchev–Trinajstić information content (AvgIpc) is 2.43. The number of anilines is 1. The third-order valence-corrected chi connectivity index (χ3v) is 4.36. The topological polar surface area (TPSA) is 47.3 Å². The van der Waals surface area contributed by atoms with Gasteiger partial charge in [-0.15, -0.1) is 0 Å². The van der Waals surface area contributed by atoms with Crippen molar-refractivity contribution in [2.24, 2.45) is 11.7 Å². The Morgan fingerprint density at radius 2 is 2.26 bits per heavy atom. The van der Waals surface area contributed by atoms with Crippen molar-refractivity contribution in [1.82, 2.24) is 0 Å². The van der Waals surface area contributed by atoms with Crippen LogP contribution >= 0.6 is 0 Å². The maximum Gasteiger partial charge on any atom is 0.165 e. The molecule has 1 aromatic carbocycles. The lowest BCUT2D eigenvalue weighted by Crippen LogP contribution is -2.52. The molecule has 0 bridgehead atoms. The highest BCUT2D eigenvalue weighted by atomic mass is 19.1. The van der Waals surface area contributed by atoms with Gasteiger partial charge in [0.2, 0.25) is 0 Å². The van der Waals surface area contributed by atoms with Crippen molar-refractivity contribution in [3.8, 4) is 5.75 Å². The van der Waals surface area contributed by atoms with E-state index in [0.29, 0.717) is 12.5 Å². The lowest BCUT2D eigenvalue weighted by atomic mass is 9.73. The van der Waals surface area contributed by atoms with Crippen LogP contribution < -0.4 is 15.8 Å². The fourth-order valence-corrected chi connectivity index (χ4v) is 2.98. The summed E-state index contributed by atoms with van der Waals surface area (Å²) in [5, 5.41) is 3.52. The van der Waals surface area contributed by atoms with Gasteiger partial charge in [-0.3, -0.25) is 0 Å². The van der Waals surface area contributed by atoms with E-state index in [1.54, 1.807) is 12.1 Å². The Balaban J connectivity index is 2.22. The number of hydrogen-bond donors (Lipinski definition) is 2. The smallest absolute Gasteiger partial charge is 0.165 e. The molecule has 0 aliphatic heterocycles.